The van der Waals surface area contributed by atoms with Gasteiger partial charge >= 0.3 is 11.6 Å². The molecular weight excluding hydrogens is 337 g/mol. The van der Waals surface area contributed by atoms with Crippen LogP contribution in [-0.2, 0) is 4.74 Å². The summed E-state index contributed by atoms with van der Waals surface area (Å²) in [7, 11) is 0. The molecule has 2 aromatic carbocycles. The lowest BCUT2D eigenvalue weighted by atomic mass is 10.0. The van der Waals surface area contributed by atoms with Gasteiger partial charge in [-0.1, -0.05) is 30.3 Å². The Bertz CT molecular complexity index is 1190. The summed E-state index contributed by atoms with van der Waals surface area (Å²) in [5, 5.41) is 0.723. The van der Waals surface area contributed by atoms with Crippen LogP contribution in [0.25, 0.3) is 33.1 Å². The number of benzene rings is 2. The summed E-state index contributed by atoms with van der Waals surface area (Å²) in [6.07, 6.45) is 0. The molecule has 0 bridgehead atoms. The maximum absolute atomic E-state index is 13.8. The van der Waals surface area contributed by atoms with Gasteiger partial charge in [0.25, 0.3) is 0 Å². The van der Waals surface area contributed by atoms with Crippen molar-refractivity contribution in [3.8, 4) is 11.3 Å². The predicted octanol–water partition coefficient (Wildman–Crippen LogP) is 4.26. The highest BCUT2D eigenvalue weighted by atomic mass is 19.1. The fourth-order valence-electron chi connectivity index (χ4n) is 3.08. The van der Waals surface area contributed by atoms with Gasteiger partial charge in [0.1, 0.15) is 16.9 Å². The SMILES string of the molecule is CCOC(=O)c1c(-c2ccccc2)oc(=O)c2[nH]c3ccc(F)cc3c12. The van der Waals surface area contributed by atoms with E-state index in [-0.39, 0.29) is 23.4 Å². The van der Waals surface area contributed by atoms with E-state index in [1.165, 1.54) is 18.2 Å². The van der Waals surface area contributed by atoms with Crippen molar-refractivity contribution in [1.29, 1.82) is 0 Å². The molecule has 0 unspecified atom stereocenters. The molecule has 0 saturated heterocycles. The first kappa shape index (κ1) is 16.1. The summed E-state index contributed by atoms with van der Waals surface area (Å²) in [6, 6.07) is 12.9. The Hall–Kier alpha value is -3.41. The van der Waals surface area contributed by atoms with E-state index < -0.39 is 17.4 Å². The second-order valence-electron chi connectivity index (χ2n) is 5.75. The molecule has 4 aromatic rings. The van der Waals surface area contributed by atoms with Gasteiger partial charge in [-0.05, 0) is 25.1 Å². The molecular formula is C20H14FNO4. The fraction of sp³-hybridized carbons (Fsp3) is 0.100. The Morgan fingerprint density at radius 1 is 1.19 bits per heavy atom. The van der Waals surface area contributed by atoms with Crippen molar-refractivity contribution in [2.45, 2.75) is 6.92 Å². The molecule has 26 heavy (non-hydrogen) atoms. The van der Waals surface area contributed by atoms with Crippen molar-refractivity contribution in [3.63, 3.8) is 0 Å². The van der Waals surface area contributed by atoms with E-state index in [1.54, 1.807) is 31.2 Å². The number of nitrogens with one attached hydrogen (secondary N) is 1. The van der Waals surface area contributed by atoms with Gasteiger partial charge in [0.2, 0.25) is 0 Å². The van der Waals surface area contributed by atoms with Crippen LogP contribution >= 0.6 is 0 Å². The van der Waals surface area contributed by atoms with Crippen molar-refractivity contribution in [1.82, 2.24) is 4.98 Å². The zero-order valence-electron chi connectivity index (χ0n) is 13.8. The van der Waals surface area contributed by atoms with Crippen LogP contribution in [-0.4, -0.2) is 17.6 Å². The van der Waals surface area contributed by atoms with Crippen molar-refractivity contribution in [2.75, 3.05) is 6.61 Å². The number of carbonyl (C=O) groups is 1. The number of carbonyl (C=O) groups excluding carboxylic acids is 1. The predicted molar refractivity (Wildman–Crippen MR) is 95.7 cm³/mol. The highest BCUT2D eigenvalue weighted by Gasteiger charge is 2.25. The number of hydrogen-bond acceptors (Lipinski definition) is 4. The number of ether oxygens (including phenoxy) is 1. The van der Waals surface area contributed by atoms with Gasteiger partial charge in [-0.3, -0.25) is 0 Å². The first-order valence-electron chi connectivity index (χ1n) is 8.10. The van der Waals surface area contributed by atoms with Gasteiger partial charge in [0.05, 0.1) is 6.61 Å². The maximum atomic E-state index is 13.8. The first-order valence-corrected chi connectivity index (χ1v) is 8.10. The van der Waals surface area contributed by atoms with E-state index in [0.29, 0.717) is 21.9 Å². The molecule has 0 fully saturated rings. The van der Waals surface area contributed by atoms with Gasteiger partial charge in [0, 0.05) is 21.9 Å². The second kappa shape index (κ2) is 6.15. The molecule has 0 aliphatic rings. The number of fused-ring (bicyclic) bond motifs is 3. The molecule has 6 heteroatoms. The highest BCUT2D eigenvalue weighted by molar-refractivity contribution is 6.18. The van der Waals surface area contributed by atoms with Crippen molar-refractivity contribution in [3.05, 3.63) is 70.3 Å². The summed E-state index contributed by atoms with van der Waals surface area (Å²) in [6.45, 7) is 1.84. The van der Waals surface area contributed by atoms with Crippen LogP contribution in [0.2, 0.25) is 0 Å². The number of H-pyrrole nitrogens is 1. The Morgan fingerprint density at radius 3 is 2.69 bits per heavy atom. The van der Waals surface area contributed by atoms with E-state index in [4.69, 9.17) is 9.15 Å². The molecule has 2 aromatic heterocycles. The van der Waals surface area contributed by atoms with Gasteiger partial charge < -0.3 is 14.1 Å². The van der Waals surface area contributed by atoms with Gasteiger partial charge in [0.15, 0.2) is 5.76 Å². The number of hydrogen-bond donors (Lipinski definition) is 1. The van der Waals surface area contributed by atoms with Crippen LogP contribution in [0.1, 0.15) is 17.3 Å². The lowest BCUT2D eigenvalue weighted by molar-refractivity contribution is 0.0527. The van der Waals surface area contributed by atoms with Crippen molar-refractivity contribution >= 4 is 27.8 Å². The number of aromatic nitrogens is 1. The number of halogens is 1. The molecule has 0 spiro atoms. The minimum atomic E-state index is -0.636. The maximum Gasteiger partial charge on any atom is 0.360 e. The lowest BCUT2D eigenvalue weighted by Gasteiger charge is -2.09. The topological polar surface area (TPSA) is 72.3 Å². The molecule has 130 valence electrons. The minimum Gasteiger partial charge on any atom is -0.462 e. The zero-order valence-corrected chi connectivity index (χ0v) is 13.8. The largest absolute Gasteiger partial charge is 0.462 e. The molecule has 2 heterocycles. The number of rotatable bonds is 3. The highest BCUT2D eigenvalue weighted by Crippen LogP contribution is 2.34. The fourth-order valence-corrected chi connectivity index (χ4v) is 3.08. The zero-order chi connectivity index (χ0) is 18.3. The van der Waals surface area contributed by atoms with Crippen LogP contribution in [0.15, 0.2) is 57.7 Å². The molecule has 1 N–H and O–H groups in total. The summed E-state index contributed by atoms with van der Waals surface area (Å²) in [5.41, 5.74) is 0.658. The number of aromatic amines is 1. The van der Waals surface area contributed by atoms with Gasteiger partial charge in [-0.2, -0.15) is 0 Å². The normalized spacial score (nSPS) is 11.2. The molecule has 0 atom stereocenters. The Kier molecular flexibility index (Phi) is 3.80. The molecule has 4 rings (SSSR count). The Balaban J connectivity index is 2.19. The van der Waals surface area contributed by atoms with Gasteiger partial charge in [-0.25, -0.2) is 14.0 Å². The van der Waals surface area contributed by atoms with E-state index >= 15 is 0 Å². The number of esters is 1. The quantitative estimate of drug-likeness (QED) is 0.560. The molecule has 0 saturated carbocycles. The van der Waals surface area contributed by atoms with E-state index in [9.17, 15) is 14.0 Å². The third-order valence-corrected chi connectivity index (χ3v) is 4.15. The summed E-state index contributed by atoms with van der Waals surface area (Å²) < 4.78 is 24.4. The average Bonchev–Trinajstić information content (AvgIpc) is 3.02. The second-order valence-corrected chi connectivity index (χ2v) is 5.75. The molecule has 5 nitrogen and oxygen atoms in total. The van der Waals surface area contributed by atoms with Crippen LogP contribution in [0.3, 0.4) is 0 Å². The van der Waals surface area contributed by atoms with E-state index in [0.717, 1.165) is 0 Å². The summed E-state index contributed by atoms with van der Waals surface area (Å²) in [5.74, 6) is -1.00. The lowest BCUT2D eigenvalue weighted by Crippen LogP contribution is -2.11. The average molecular weight is 351 g/mol. The Morgan fingerprint density at radius 2 is 1.96 bits per heavy atom. The van der Waals surface area contributed by atoms with Crippen LogP contribution in [0.4, 0.5) is 4.39 Å². The van der Waals surface area contributed by atoms with Crippen LogP contribution < -0.4 is 5.63 Å². The summed E-state index contributed by atoms with van der Waals surface area (Å²) >= 11 is 0. The van der Waals surface area contributed by atoms with Gasteiger partial charge in [-0.15, -0.1) is 0 Å². The van der Waals surface area contributed by atoms with Crippen molar-refractivity contribution in [2.24, 2.45) is 0 Å². The molecule has 0 radical (unpaired) electrons. The third-order valence-electron chi connectivity index (χ3n) is 4.15. The third kappa shape index (κ3) is 2.47. The van der Waals surface area contributed by atoms with Crippen molar-refractivity contribution < 1.29 is 18.3 Å². The van der Waals surface area contributed by atoms with E-state index in [1.807, 2.05) is 6.07 Å². The van der Waals surface area contributed by atoms with Crippen LogP contribution in [0, 0.1) is 5.82 Å². The van der Waals surface area contributed by atoms with Crippen LogP contribution in [0.5, 0.6) is 0 Å². The Labute approximate surface area is 147 Å². The molecule has 0 aliphatic heterocycles. The smallest absolute Gasteiger partial charge is 0.360 e. The first-order chi connectivity index (χ1) is 12.6. The molecule has 0 amide bonds. The molecule has 0 aliphatic carbocycles. The standard InChI is InChI=1S/C20H14FNO4/c1-2-25-19(23)16-15-13-10-12(21)8-9-14(13)22-17(15)20(24)26-18(16)11-6-4-3-5-7-11/h3-10,22H,2H2,1H3. The summed E-state index contributed by atoms with van der Waals surface area (Å²) in [4.78, 5) is 28.1. The minimum absolute atomic E-state index is 0.101. The monoisotopic (exact) mass is 351 g/mol. The van der Waals surface area contributed by atoms with E-state index in [2.05, 4.69) is 4.98 Å².